The Hall–Kier alpha value is -3.38. The Balaban J connectivity index is 1.47. The molecule has 0 spiro atoms. The van der Waals surface area contributed by atoms with Gasteiger partial charge in [-0.25, -0.2) is 4.39 Å². The van der Waals surface area contributed by atoms with E-state index in [0.29, 0.717) is 11.3 Å². The van der Waals surface area contributed by atoms with Gasteiger partial charge in [-0.05, 0) is 79.1 Å². The quantitative estimate of drug-likeness (QED) is 0.484. The van der Waals surface area contributed by atoms with Crippen LogP contribution in [-0.4, -0.2) is 51.1 Å². The molecule has 5 nitrogen and oxygen atoms in total. The summed E-state index contributed by atoms with van der Waals surface area (Å²) < 4.78 is 18.8. The Morgan fingerprint density at radius 1 is 0.912 bits per heavy atom. The number of halogens is 1. The highest BCUT2D eigenvalue weighted by Gasteiger charge is 2.30. The minimum Gasteiger partial charge on any atom is -0.497 e. The van der Waals surface area contributed by atoms with Crippen LogP contribution in [0.4, 0.5) is 15.8 Å². The van der Waals surface area contributed by atoms with Crippen molar-refractivity contribution >= 4 is 17.3 Å². The highest BCUT2D eigenvalue weighted by atomic mass is 19.1. The number of rotatable bonds is 7. The molecule has 1 heterocycles. The number of likely N-dealkylation sites (tertiary alicyclic amines) is 1. The molecule has 4 rings (SSSR count). The third kappa shape index (κ3) is 5.57. The zero-order valence-electron chi connectivity index (χ0n) is 20.1. The number of amides is 1. The Morgan fingerprint density at radius 2 is 1.50 bits per heavy atom. The number of carbonyl (C=O) groups excluding carboxylic acids is 1. The van der Waals surface area contributed by atoms with E-state index in [1.165, 1.54) is 23.4 Å². The van der Waals surface area contributed by atoms with Crippen LogP contribution in [0.3, 0.4) is 0 Å². The van der Waals surface area contributed by atoms with Gasteiger partial charge in [-0.2, -0.15) is 0 Å². The van der Waals surface area contributed by atoms with Crippen molar-refractivity contribution in [2.45, 2.75) is 25.4 Å². The number of ether oxygens (including phenoxy) is 1. The molecular weight excluding hydrogens is 429 g/mol. The van der Waals surface area contributed by atoms with E-state index in [-0.39, 0.29) is 17.8 Å². The van der Waals surface area contributed by atoms with Crippen molar-refractivity contribution in [2.75, 3.05) is 44.1 Å². The Labute approximate surface area is 201 Å². The summed E-state index contributed by atoms with van der Waals surface area (Å²) in [7, 11) is 5.69. The highest BCUT2D eigenvalue weighted by Crippen LogP contribution is 2.27. The van der Waals surface area contributed by atoms with Crippen molar-refractivity contribution in [2.24, 2.45) is 0 Å². The summed E-state index contributed by atoms with van der Waals surface area (Å²) in [6.07, 6.45) is 1.71. The van der Waals surface area contributed by atoms with Crippen LogP contribution in [0.2, 0.25) is 0 Å². The van der Waals surface area contributed by atoms with Crippen molar-refractivity contribution in [3.8, 4) is 5.75 Å². The lowest BCUT2D eigenvalue weighted by Crippen LogP contribution is -2.47. The first-order chi connectivity index (χ1) is 16.4. The lowest BCUT2D eigenvalue weighted by molar-refractivity contribution is 0.0958. The summed E-state index contributed by atoms with van der Waals surface area (Å²) in [4.78, 5) is 19.9. The van der Waals surface area contributed by atoms with E-state index in [0.717, 1.165) is 38.2 Å². The normalized spacial score (nSPS) is 14.6. The highest BCUT2D eigenvalue weighted by molar-refractivity contribution is 6.06. The number of methoxy groups -OCH3 is 1. The third-order valence-electron chi connectivity index (χ3n) is 6.44. The second-order valence-corrected chi connectivity index (χ2v) is 8.95. The number of piperidine rings is 1. The number of hydrogen-bond donors (Lipinski definition) is 0. The maximum atomic E-state index is 13.6. The molecule has 0 N–H and O–H groups in total. The molecule has 3 aromatic rings. The van der Waals surface area contributed by atoms with Crippen LogP contribution in [0.1, 0.15) is 28.8 Å². The maximum Gasteiger partial charge on any atom is 0.258 e. The van der Waals surface area contributed by atoms with Gasteiger partial charge < -0.3 is 14.5 Å². The standard InChI is InChI=1S/C28H32FN3O2/c1-30(2)24-10-4-21(5-11-24)20-31-18-16-26(17-19-31)32(25-12-8-23(29)9-13-25)28(33)22-6-14-27(34-3)15-7-22/h4-15,26H,16-20H2,1-3H3. The monoisotopic (exact) mass is 461 g/mol. The molecule has 0 atom stereocenters. The van der Waals surface area contributed by atoms with Gasteiger partial charge in [0.1, 0.15) is 11.6 Å². The van der Waals surface area contributed by atoms with Crippen LogP contribution in [0.25, 0.3) is 0 Å². The molecular formula is C28H32FN3O2. The molecule has 6 heteroatoms. The number of benzene rings is 3. The van der Waals surface area contributed by atoms with Crippen LogP contribution >= 0.6 is 0 Å². The number of carbonyl (C=O) groups is 1. The van der Waals surface area contributed by atoms with E-state index in [9.17, 15) is 9.18 Å². The van der Waals surface area contributed by atoms with Crippen LogP contribution in [0.5, 0.6) is 5.75 Å². The van der Waals surface area contributed by atoms with Crippen LogP contribution in [0.15, 0.2) is 72.8 Å². The number of hydrogen-bond acceptors (Lipinski definition) is 4. The molecule has 0 unspecified atom stereocenters. The molecule has 0 aromatic heterocycles. The van der Waals surface area contributed by atoms with Gasteiger partial charge in [0, 0.05) is 56.7 Å². The Morgan fingerprint density at radius 3 is 2.06 bits per heavy atom. The van der Waals surface area contributed by atoms with E-state index in [1.54, 1.807) is 43.5 Å². The number of nitrogens with zero attached hydrogens (tertiary/aromatic N) is 3. The molecule has 3 aromatic carbocycles. The summed E-state index contributed by atoms with van der Waals surface area (Å²) in [6, 6.07) is 22.1. The second-order valence-electron chi connectivity index (χ2n) is 8.95. The summed E-state index contributed by atoms with van der Waals surface area (Å²) in [5.74, 6) is 0.319. The van der Waals surface area contributed by atoms with E-state index in [2.05, 4.69) is 34.1 Å². The van der Waals surface area contributed by atoms with Crippen LogP contribution < -0.4 is 14.5 Å². The molecule has 0 bridgehead atoms. The summed E-state index contributed by atoms with van der Waals surface area (Å²) in [5.41, 5.74) is 3.79. The first-order valence-electron chi connectivity index (χ1n) is 11.7. The Kier molecular flexibility index (Phi) is 7.48. The van der Waals surface area contributed by atoms with E-state index in [4.69, 9.17) is 4.74 Å². The third-order valence-corrected chi connectivity index (χ3v) is 6.44. The SMILES string of the molecule is COc1ccc(C(=O)N(c2ccc(F)cc2)C2CCN(Cc3ccc(N(C)C)cc3)CC2)cc1. The first-order valence-corrected chi connectivity index (χ1v) is 11.7. The van der Waals surface area contributed by atoms with Crippen molar-refractivity contribution in [3.63, 3.8) is 0 Å². The molecule has 178 valence electrons. The van der Waals surface area contributed by atoms with Gasteiger partial charge in [0.25, 0.3) is 5.91 Å². The summed E-state index contributed by atoms with van der Waals surface area (Å²) in [6.45, 7) is 2.69. The topological polar surface area (TPSA) is 36.0 Å². The van der Waals surface area contributed by atoms with Crippen molar-refractivity contribution < 1.29 is 13.9 Å². The lowest BCUT2D eigenvalue weighted by atomic mass is 10.00. The van der Waals surface area contributed by atoms with Gasteiger partial charge in [0.2, 0.25) is 0 Å². The predicted octanol–water partition coefficient (Wildman–Crippen LogP) is 5.21. The van der Waals surface area contributed by atoms with Gasteiger partial charge in [0.05, 0.1) is 7.11 Å². The fraction of sp³-hybridized carbons (Fsp3) is 0.321. The minimum absolute atomic E-state index is 0.0485. The van der Waals surface area contributed by atoms with E-state index >= 15 is 0 Å². The van der Waals surface area contributed by atoms with Gasteiger partial charge in [-0.15, -0.1) is 0 Å². The predicted molar refractivity (Wildman–Crippen MR) is 135 cm³/mol. The fourth-order valence-electron chi connectivity index (χ4n) is 4.46. The lowest BCUT2D eigenvalue weighted by Gasteiger charge is -2.38. The molecule has 1 aliphatic heterocycles. The fourth-order valence-corrected chi connectivity index (χ4v) is 4.46. The van der Waals surface area contributed by atoms with Crippen LogP contribution in [-0.2, 0) is 6.54 Å². The summed E-state index contributed by atoms with van der Waals surface area (Å²) >= 11 is 0. The Bertz CT molecular complexity index is 1070. The van der Waals surface area contributed by atoms with Gasteiger partial charge >= 0.3 is 0 Å². The zero-order valence-corrected chi connectivity index (χ0v) is 20.1. The summed E-state index contributed by atoms with van der Waals surface area (Å²) in [5, 5.41) is 0. The zero-order chi connectivity index (χ0) is 24.1. The van der Waals surface area contributed by atoms with Crippen molar-refractivity contribution in [1.29, 1.82) is 0 Å². The molecule has 1 amide bonds. The van der Waals surface area contributed by atoms with Crippen molar-refractivity contribution in [3.05, 3.63) is 89.7 Å². The average Bonchev–Trinajstić information content (AvgIpc) is 2.86. The smallest absolute Gasteiger partial charge is 0.258 e. The maximum absolute atomic E-state index is 13.6. The molecule has 1 saturated heterocycles. The molecule has 0 aliphatic carbocycles. The van der Waals surface area contributed by atoms with Crippen LogP contribution in [0, 0.1) is 5.82 Å². The average molecular weight is 462 g/mol. The largest absolute Gasteiger partial charge is 0.497 e. The second kappa shape index (κ2) is 10.7. The van der Waals surface area contributed by atoms with Gasteiger partial charge in [-0.3, -0.25) is 9.69 Å². The van der Waals surface area contributed by atoms with Gasteiger partial charge in [0.15, 0.2) is 0 Å². The van der Waals surface area contributed by atoms with E-state index in [1.807, 2.05) is 19.0 Å². The first kappa shape index (κ1) is 23.8. The minimum atomic E-state index is -0.310. The molecule has 1 aliphatic rings. The molecule has 1 fully saturated rings. The van der Waals surface area contributed by atoms with E-state index < -0.39 is 0 Å². The van der Waals surface area contributed by atoms with Gasteiger partial charge in [-0.1, -0.05) is 12.1 Å². The molecule has 0 radical (unpaired) electrons. The van der Waals surface area contributed by atoms with Crippen molar-refractivity contribution in [1.82, 2.24) is 4.90 Å². The molecule has 0 saturated carbocycles. The number of anilines is 2. The molecule has 34 heavy (non-hydrogen) atoms.